The number of ether oxygens (including phenoxy) is 1. The number of benzene rings is 2. The number of fused-ring (bicyclic) bond motifs is 1. The van der Waals surface area contributed by atoms with Gasteiger partial charge in [0.1, 0.15) is 5.60 Å². The summed E-state index contributed by atoms with van der Waals surface area (Å²) in [5, 5.41) is 0. The number of carbonyl (C=O) groups excluding carboxylic acids is 2. The number of hydrogen-bond donors (Lipinski definition) is 0. The van der Waals surface area contributed by atoms with Gasteiger partial charge in [0.05, 0.1) is 11.1 Å². The molecule has 1 aliphatic rings. The van der Waals surface area contributed by atoms with E-state index in [4.69, 9.17) is 4.74 Å². The van der Waals surface area contributed by atoms with Crippen LogP contribution in [0.5, 0.6) is 0 Å². The average Bonchev–Trinajstić information content (AvgIpc) is 2.93. The maximum absolute atomic E-state index is 13.7. The lowest BCUT2D eigenvalue weighted by atomic mass is 9.71. The fourth-order valence-corrected chi connectivity index (χ4v) is 3.88. The smallest absolute Gasteiger partial charge is 0.421 e. The maximum atomic E-state index is 13.7. The Kier molecular flexibility index (Phi) is 6.03. The molecule has 0 aromatic heterocycles. The van der Waals surface area contributed by atoms with Gasteiger partial charge in [0.2, 0.25) is 5.91 Å². The molecule has 1 heterocycles. The highest BCUT2D eigenvalue weighted by atomic mass is 16.6. The van der Waals surface area contributed by atoms with Gasteiger partial charge in [0, 0.05) is 11.5 Å². The third kappa shape index (κ3) is 4.11. The molecule has 2 amide bonds. The van der Waals surface area contributed by atoms with Crippen molar-refractivity contribution < 1.29 is 14.3 Å². The predicted molar refractivity (Wildman–Crippen MR) is 119 cm³/mol. The van der Waals surface area contributed by atoms with Crippen LogP contribution in [-0.4, -0.2) is 17.6 Å². The lowest BCUT2D eigenvalue weighted by molar-refractivity contribution is -0.123. The van der Waals surface area contributed by atoms with E-state index in [1.54, 1.807) is 26.8 Å². The summed E-state index contributed by atoms with van der Waals surface area (Å²) >= 11 is 0. The summed E-state index contributed by atoms with van der Waals surface area (Å²) < 4.78 is 5.54. The first kappa shape index (κ1) is 21.6. The second kappa shape index (κ2) is 8.36. The lowest BCUT2D eigenvalue weighted by Crippen LogP contribution is -2.47. The molecule has 3 rings (SSSR count). The highest BCUT2D eigenvalue weighted by molar-refractivity contribution is 6.21. The summed E-state index contributed by atoms with van der Waals surface area (Å²) in [4.78, 5) is 27.8. The second-order valence-electron chi connectivity index (χ2n) is 8.82. The van der Waals surface area contributed by atoms with Crippen molar-refractivity contribution >= 4 is 17.7 Å². The zero-order valence-corrected chi connectivity index (χ0v) is 18.4. The molecule has 0 radical (unpaired) electrons. The minimum atomic E-state index is -0.925. The molecule has 0 bridgehead atoms. The number of anilines is 1. The molecule has 30 heavy (non-hydrogen) atoms. The Labute approximate surface area is 179 Å². The van der Waals surface area contributed by atoms with Crippen molar-refractivity contribution in [3.05, 3.63) is 65.7 Å². The van der Waals surface area contributed by atoms with Gasteiger partial charge in [-0.15, -0.1) is 0 Å². The van der Waals surface area contributed by atoms with Crippen LogP contribution in [0.2, 0.25) is 0 Å². The minimum absolute atomic E-state index is 0.233. The molecule has 2 aromatic rings. The molecule has 2 aromatic carbocycles. The average molecular weight is 404 g/mol. The molecule has 156 valence electrons. The van der Waals surface area contributed by atoms with Crippen molar-refractivity contribution in [2.75, 3.05) is 4.90 Å². The zero-order valence-electron chi connectivity index (χ0n) is 18.4. The van der Waals surface area contributed by atoms with Gasteiger partial charge in [-0.05, 0) is 57.9 Å². The number of nitrogens with zero attached hydrogens (tertiary/aromatic N) is 1. The second-order valence-corrected chi connectivity index (χ2v) is 8.82. The highest BCUT2D eigenvalue weighted by Gasteiger charge is 2.54. The van der Waals surface area contributed by atoms with Crippen LogP contribution in [0.25, 0.3) is 0 Å². The first-order valence-electron chi connectivity index (χ1n) is 10.4. The first-order chi connectivity index (χ1) is 14.2. The lowest BCUT2D eigenvalue weighted by Gasteiger charge is -2.30. The Hall–Kier alpha value is -3.06. The Morgan fingerprint density at radius 2 is 1.73 bits per heavy atom. The number of amides is 2. The van der Waals surface area contributed by atoms with Crippen molar-refractivity contribution in [1.82, 2.24) is 0 Å². The van der Waals surface area contributed by atoms with E-state index in [0.29, 0.717) is 5.69 Å². The Balaban J connectivity index is 2.07. The number of imide groups is 1. The predicted octanol–water partition coefficient (Wildman–Crippen LogP) is 5.69. The summed E-state index contributed by atoms with van der Waals surface area (Å²) in [5.74, 6) is 6.07. The Bertz CT molecular complexity index is 994. The van der Waals surface area contributed by atoms with Crippen molar-refractivity contribution in [1.29, 1.82) is 0 Å². The first-order valence-corrected chi connectivity index (χ1v) is 10.4. The van der Waals surface area contributed by atoms with Crippen LogP contribution in [0.15, 0.2) is 54.6 Å². The Morgan fingerprint density at radius 3 is 2.37 bits per heavy atom. The van der Waals surface area contributed by atoms with Gasteiger partial charge in [0.25, 0.3) is 0 Å². The quantitative estimate of drug-likeness (QED) is 0.618. The monoisotopic (exact) mass is 403 g/mol. The van der Waals surface area contributed by atoms with Crippen LogP contribution in [0.1, 0.15) is 58.6 Å². The topological polar surface area (TPSA) is 46.6 Å². The summed E-state index contributed by atoms with van der Waals surface area (Å²) in [5.41, 5.74) is 0.695. The van der Waals surface area contributed by atoms with Gasteiger partial charge in [-0.1, -0.05) is 61.6 Å². The van der Waals surface area contributed by atoms with Crippen LogP contribution in [0.3, 0.4) is 0 Å². The summed E-state index contributed by atoms with van der Waals surface area (Å²) in [6.45, 7) is 9.36. The molecule has 0 aliphatic carbocycles. The summed E-state index contributed by atoms with van der Waals surface area (Å²) in [6, 6.07) is 17.2. The van der Waals surface area contributed by atoms with E-state index in [9.17, 15) is 9.59 Å². The van der Waals surface area contributed by atoms with E-state index < -0.39 is 17.1 Å². The van der Waals surface area contributed by atoms with E-state index in [2.05, 4.69) is 18.8 Å². The van der Waals surface area contributed by atoms with Gasteiger partial charge in [-0.3, -0.25) is 4.79 Å². The third-order valence-electron chi connectivity index (χ3n) is 5.37. The van der Waals surface area contributed by atoms with E-state index in [1.165, 1.54) is 4.90 Å². The molecule has 0 N–H and O–H groups in total. The van der Waals surface area contributed by atoms with Gasteiger partial charge in [0.15, 0.2) is 0 Å². The fourth-order valence-electron chi connectivity index (χ4n) is 3.88. The zero-order chi connectivity index (χ0) is 21.9. The van der Waals surface area contributed by atoms with Gasteiger partial charge in [-0.2, -0.15) is 0 Å². The number of hydrogen-bond acceptors (Lipinski definition) is 3. The number of rotatable bonds is 3. The molecule has 0 saturated heterocycles. The molecule has 4 heteroatoms. The van der Waals surface area contributed by atoms with Crippen LogP contribution in [-0.2, 0) is 14.9 Å². The third-order valence-corrected chi connectivity index (χ3v) is 5.37. The van der Waals surface area contributed by atoms with Crippen LogP contribution >= 0.6 is 0 Å². The van der Waals surface area contributed by atoms with Gasteiger partial charge < -0.3 is 4.74 Å². The van der Waals surface area contributed by atoms with Crippen LogP contribution in [0, 0.1) is 17.8 Å². The molecular formula is C26H29NO3. The van der Waals surface area contributed by atoms with E-state index >= 15 is 0 Å². The fraction of sp³-hybridized carbons (Fsp3) is 0.385. The molecule has 4 nitrogen and oxygen atoms in total. The number of para-hydroxylation sites is 1. The summed E-state index contributed by atoms with van der Waals surface area (Å²) in [6.07, 6.45) is 0.986. The molecular weight excluding hydrogens is 374 g/mol. The molecule has 2 atom stereocenters. The highest BCUT2D eigenvalue weighted by Crippen LogP contribution is 2.47. The van der Waals surface area contributed by atoms with Crippen LogP contribution < -0.4 is 4.90 Å². The van der Waals surface area contributed by atoms with Crippen molar-refractivity contribution in [2.24, 2.45) is 5.92 Å². The molecule has 0 unspecified atom stereocenters. The van der Waals surface area contributed by atoms with E-state index in [-0.39, 0.29) is 11.8 Å². The molecule has 0 fully saturated rings. The molecule has 0 spiro atoms. The van der Waals surface area contributed by atoms with Gasteiger partial charge >= 0.3 is 6.09 Å². The van der Waals surface area contributed by atoms with Crippen molar-refractivity contribution in [2.45, 2.75) is 58.5 Å². The molecule has 1 aliphatic heterocycles. The standard InChI is InChI=1S/C26H29NO3/c1-6-12-20(18-17-19-13-8-7-9-14-19)26(5)21-15-10-11-16-22(21)27(23(26)28)24(29)30-25(2,3)4/h7-11,13-16,20H,6,12H2,1-5H3/t20-,26+/m0/s1. The minimum Gasteiger partial charge on any atom is -0.443 e. The SMILES string of the molecule is CCC[C@@H](C#Cc1ccccc1)[C@@]1(C)C(=O)N(C(=O)OC(C)(C)C)c2ccccc21. The number of carbonyl (C=O) groups is 2. The largest absolute Gasteiger partial charge is 0.443 e. The Morgan fingerprint density at radius 1 is 1.10 bits per heavy atom. The van der Waals surface area contributed by atoms with Gasteiger partial charge in [-0.25, -0.2) is 9.69 Å². The van der Waals surface area contributed by atoms with Crippen molar-refractivity contribution in [3.8, 4) is 11.8 Å². The van der Waals surface area contributed by atoms with E-state index in [0.717, 1.165) is 24.0 Å². The van der Waals surface area contributed by atoms with Crippen molar-refractivity contribution in [3.63, 3.8) is 0 Å². The normalized spacial score (nSPS) is 19.0. The summed E-state index contributed by atoms with van der Waals surface area (Å²) in [7, 11) is 0. The molecule has 0 saturated carbocycles. The maximum Gasteiger partial charge on any atom is 0.421 e. The van der Waals surface area contributed by atoms with Crippen LogP contribution in [0.4, 0.5) is 10.5 Å². The van der Waals surface area contributed by atoms with E-state index in [1.807, 2.05) is 55.5 Å².